The molecule has 0 heterocycles. The molecule has 0 aliphatic rings. The monoisotopic (exact) mass is 389 g/mol. The van der Waals surface area contributed by atoms with Crippen molar-refractivity contribution in [1.82, 2.24) is 4.90 Å². The minimum absolute atomic E-state index is 0.0797. The Labute approximate surface area is 150 Å². The lowest BCUT2D eigenvalue weighted by Crippen LogP contribution is -2.33. The molecule has 0 bridgehead atoms. The van der Waals surface area contributed by atoms with Gasteiger partial charge >= 0.3 is 5.97 Å². The van der Waals surface area contributed by atoms with Gasteiger partial charge in [-0.05, 0) is 30.2 Å². The summed E-state index contributed by atoms with van der Waals surface area (Å²) in [7, 11) is 1.71. The number of carbonyl (C=O) groups excluding carboxylic acids is 2. The van der Waals surface area contributed by atoms with Crippen molar-refractivity contribution in [3.8, 4) is 0 Å². The number of carbonyl (C=O) groups is 2. The molecule has 0 saturated carbocycles. The number of ether oxygens (including phenoxy) is 1. The molecule has 0 aliphatic heterocycles. The molecule has 1 amide bonds. The molecule has 1 atom stereocenters. The molecular formula is C19H20BrNO3. The van der Waals surface area contributed by atoms with Crippen molar-refractivity contribution >= 4 is 27.8 Å². The number of likely N-dealkylation sites (N-methyl/N-ethyl adjacent to an activating group) is 1. The van der Waals surface area contributed by atoms with Gasteiger partial charge in [-0.25, -0.2) is 0 Å². The van der Waals surface area contributed by atoms with Crippen molar-refractivity contribution < 1.29 is 14.3 Å². The Morgan fingerprint density at radius 1 is 1.08 bits per heavy atom. The molecule has 0 radical (unpaired) electrons. The molecule has 0 spiro atoms. The Morgan fingerprint density at radius 2 is 1.71 bits per heavy atom. The maximum atomic E-state index is 12.2. The molecule has 126 valence electrons. The largest absolute Gasteiger partial charge is 0.455 e. The van der Waals surface area contributed by atoms with Gasteiger partial charge in [0.05, 0.1) is 12.5 Å². The zero-order chi connectivity index (χ0) is 17.5. The molecule has 1 unspecified atom stereocenters. The van der Waals surface area contributed by atoms with E-state index in [-0.39, 0.29) is 25.0 Å². The fourth-order valence-electron chi connectivity index (χ4n) is 2.24. The van der Waals surface area contributed by atoms with Gasteiger partial charge in [-0.3, -0.25) is 9.59 Å². The van der Waals surface area contributed by atoms with E-state index in [4.69, 9.17) is 4.74 Å². The normalized spacial score (nSPS) is 11.6. The predicted molar refractivity (Wildman–Crippen MR) is 96.4 cm³/mol. The van der Waals surface area contributed by atoms with Crippen LogP contribution in [0.15, 0.2) is 59.1 Å². The van der Waals surface area contributed by atoms with Crippen LogP contribution in [-0.2, 0) is 20.7 Å². The van der Waals surface area contributed by atoms with Gasteiger partial charge in [0.15, 0.2) is 6.61 Å². The maximum Gasteiger partial charge on any atom is 0.310 e. The topological polar surface area (TPSA) is 46.6 Å². The van der Waals surface area contributed by atoms with Gasteiger partial charge < -0.3 is 9.64 Å². The molecule has 0 fully saturated rings. The van der Waals surface area contributed by atoms with E-state index in [0.29, 0.717) is 0 Å². The van der Waals surface area contributed by atoms with Gasteiger partial charge in [0.25, 0.3) is 5.91 Å². The Morgan fingerprint density at radius 3 is 2.33 bits per heavy atom. The van der Waals surface area contributed by atoms with Crippen LogP contribution in [0.3, 0.4) is 0 Å². The number of hydrogen-bond donors (Lipinski definition) is 0. The van der Waals surface area contributed by atoms with Gasteiger partial charge in [-0.1, -0.05) is 58.4 Å². The first-order valence-electron chi connectivity index (χ1n) is 7.68. The van der Waals surface area contributed by atoms with E-state index in [1.807, 2.05) is 61.5 Å². The van der Waals surface area contributed by atoms with E-state index in [0.717, 1.165) is 15.6 Å². The number of rotatable bonds is 6. The zero-order valence-corrected chi connectivity index (χ0v) is 15.3. The van der Waals surface area contributed by atoms with Crippen LogP contribution >= 0.6 is 15.9 Å². The quantitative estimate of drug-likeness (QED) is 0.706. The van der Waals surface area contributed by atoms with Gasteiger partial charge in [-0.15, -0.1) is 0 Å². The summed E-state index contributed by atoms with van der Waals surface area (Å²) in [6, 6.07) is 17.1. The lowest BCUT2D eigenvalue weighted by molar-refractivity contribution is -0.151. The lowest BCUT2D eigenvalue weighted by Gasteiger charge is -2.25. The van der Waals surface area contributed by atoms with E-state index >= 15 is 0 Å². The second-order valence-electron chi connectivity index (χ2n) is 5.56. The van der Waals surface area contributed by atoms with Crippen LogP contribution in [0.2, 0.25) is 0 Å². The average molecular weight is 390 g/mol. The average Bonchev–Trinajstić information content (AvgIpc) is 2.61. The van der Waals surface area contributed by atoms with Crippen LogP contribution in [0, 0.1) is 0 Å². The molecule has 24 heavy (non-hydrogen) atoms. The molecule has 5 heteroatoms. The molecule has 0 aliphatic carbocycles. The van der Waals surface area contributed by atoms with E-state index in [9.17, 15) is 9.59 Å². The summed E-state index contributed by atoms with van der Waals surface area (Å²) in [4.78, 5) is 25.6. The number of benzene rings is 2. The van der Waals surface area contributed by atoms with E-state index in [1.54, 1.807) is 11.9 Å². The molecule has 0 N–H and O–H groups in total. The fourth-order valence-corrected chi connectivity index (χ4v) is 2.50. The van der Waals surface area contributed by atoms with Crippen LogP contribution in [0.4, 0.5) is 0 Å². The van der Waals surface area contributed by atoms with Crippen molar-refractivity contribution in [2.45, 2.75) is 19.4 Å². The SMILES string of the molecule is CC(c1ccccc1)N(C)C(=O)COC(=O)Cc1ccc(Br)cc1. The Kier molecular flexibility index (Phi) is 6.55. The summed E-state index contributed by atoms with van der Waals surface area (Å²) >= 11 is 3.34. The summed E-state index contributed by atoms with van der Waals surface area (Å²) < 4.78 is 6.05. The highest BCUT2D eigenvalue weighted by atomic mass is 79.9. The number of nitrogens with zero attached hydrogens (tertiary/aromatic N) is 1. The van der Waals surface area contributed by atoms with Crippen LogP contribution in [-0.4, -0.2) is 30.4 Å². The molecule has 2 rings (SSSR count). The first kappa shape index (κ1) is 18.2. The van der Waals surface area contributed by atoms with Crippen LogP contribution in [0.5, 0.6) is 0 Å². The minimum atomic E-state index is -0.411. The second-order valence-corrected chi connectivity index (χ2v) is 6.47. The van der Waals surface area contributed by atoms with Crippen molar-refractivity contribution in [2.75, 3.05) is 13.7 Å². The van der Waals surface area contributed by atoms with Crippen LogP contribution in [0.25, 0.3) is 0 Å². The Hall–Kier alpha value is -2.14. The summed E-state index contributed by atoms with van der Waals surface area (Å²) in [6.45, 7) is 1.69. The minimum Gasteiger partial charge on any atom is -0.455 e. The molecule has 4 nitrogen and oxygen atoms in total. The summed E-state index contributed by atoms with van der Waals surface area (Å²) in [6.07, 6.45) is 0.151. The summed E-state index contributed by atoms with van der Waals surface area (Å²) in [5.74, 6) is -0.637. The number of amides is 1. The second kappa shape index (κ2) is 8.64. The lowest BCUT2D eigenvalue weighted by atomic mass is 10.1. The Balaban J connectivity index is 1.83. The highest BCUT2D eigenvalue weighted by molar-refractivity contribution is 9.10. The van der Waals surface area contributed by atoms with E-state index in [1.165, 1.54) is 0 Å². The molecular weight excluding hydrogens is 370 g/mol. The van der Waals surface area contributed by atoms with Gasteiger partial charge in [0.1, 0.15) is 0 Å². The Bertz CT molecular complexity index is 686. The van der Waals surface area contributed by atoms with Crippen LogP contribution in [0.1, 0.15) is 24.1 Å². The third-order valence-electron chi connectivity index (χ3n) is 3.87. The van der Waals surface area contributed by atoms with Crippen LogP contribution < -0.4 is 0 Å². The van der Waals surface area contributed by atoms with E-state index in [2.05, 4.69) is 15.9 Å². The first-order chi connectivity index (χ1) is 11.5. The highest BCUT2D eigenvalue weighted by Gasteiger charge is 2.18. The molecule has 2 aromatic carbocycles. The smallest absolute Gasteiger partial charge is 0.310 e. The van der Waals surface area contributed by atoms with Gasteiger partial charge in [0, 0.05) is 11.5 Å². The van der Waals surface area contributed by atoms with Crippen molar-refractivity contribution in [3.63, 3.8) is 0 Å². The standard InChI is InChI=1S/C19H20BrNO3/c1-14(16-6-4-3-5-7-16)21(2)18(22)13-24-19(23)12-15-8-10-17(20)11-9-15/h3-11,14H,12-13H2,1-2H3. The van der Waals surface area contributed by atoms with Crippen molar-refractivity contribution in [1.29, 1.82) is 0 Å². The van der Waals surface area contributed by atoms with Gasteiger partial charge in [-0.2, -0.15) is 0 Å². The van der Waals surface area contributed by atoms with Gasteiger partial charge in [0.2, 0.25) is 0 Å². The first-order valence-corrected chi connectivity index (χ1v) is 8.47. The maximum absolute atomic E-state index is 12.2. The zero-order valence-electron chi connectivity index (χ0n) is 13.7. The molecule has 0 aromatic heterocycles. The highest BCUT2D eigenvalue weighted by Crippen LogP contribution is 2.18. The predicted octanol–water partition coefficient (Wildman–Crippen LogP) is 3.75. The third-order valence-corrected chi connectivity index (χ3v) is 4.40. The summed E-state index contributed by atoms with van der Waals surface area (Å²) in [5.41, 5.74) is 1.89. The number of esters is 1. The molecule has 2 aromatic rings. The third kappa shape index (κ3) is 5.20. The van der Waals surface area contributed by atoms with Crippen molar-refractivity contribution in [2.24, 2.45) is 0 Å². The molecule has 0 saturated heterocycles. The summed E-state index contributed by atoms with van der Waals surface area (Å²) in [5, 5.41) is 0. The number of halogens is 1. The fraction of sp³-hybridized carbons (Fsp3) is 0.263. The van der Waals surface area contributed by atoms with E-state index < -0.39 is 5.97 Å². The number of hydrogen-bond acceptors (Lipinski definition) is 3. The van der Waals surface area contributed by atoms with Crippen molar-refractivity contribution in [3.05, 3.63) is 70.2 Å².